The van der Waals surface area contributed by atoms with Crippen molar-refractivity contribution in [2.45, 2.75) is 32.3 Å². The van der Waals surface area contributed by atoms with Gasteiger partial charge in [-0.3, -0.25) is 0 Å². The Kier molecular flexibility index (Phi) is 7.19. The van der Waals surface area contributed by atoms with E-state index >= 15 is 0 Å². The maximum atomic E-state index is 12.0. The summed E-state index contributed by atoms with van der Waals surface area (Å²) in [5.41, 5.74) is 6.90. The van der Waals surface area contributed by atoms with Crippen molar-refractivity contribution in [3.05, 3.63) is 92.7 Å². The topological polar surface area (TPSA) is 69.5 Å². The Bertz CT molecular complexity index is 1180. The third-order valence-electron chi connectivity index (χ3n) is 5.81. The first-order chi connectivity index (χ1) is 16.1. The van der Waals surface area contributed by atoms with Crippen LogP contribution in [0.4, 0.5) is 0 Å². The maximum absolute atomic E-state index is 12.0. The molecule has 6 nitrogen and oxygen atoms in total. The number of carbonyl (C=O) groups excluding carboxylic acids is 1. The van der Waals surface area contributed by atoms with Gasteiger partial charge < -0.3 is 14.4 Å². The van der Waals surface area contributed by atoms with Crippen LogP contribution >= 0.6 is 11.3 Å². The van der Waals surface area contributed by atoms with Crippen molar-refractivity contribution in [3.63, 3.8) is 0 Å². The lowest BCUT2D eigenvalue weighted by atomic mass is 9.92. The SMILES string of the molecule is CO/N=C(/C(=O)OC)c1sccc1CO/N=C(\C)c1ccc(C2CCc3ccccc32)cc1. The molecule has 4 rings (SSSR count). The van der Waals surface area contributed by atoms with E-state index in [1.807, 2.05) is 18.4 Å². The minimum absolute atomic E-state index is 0.110. The summed E-state index contributed by atoms with van der Waals surface area (Å²) < 4.78 is 4.80. The molecule has 1 atom stereocenters. The summed E-state index contributed by atoms with van der Waals surface area (Å²) in [4.78, 5) is 23.1. The molecule has 0 saturated heterocycles. The lowest BCUT2D eigenvalue weighted by Crippen LogP contribution is -2.17. The molecule has 0 saturated carbocycles. The van der Waals surface area contributed by atoms with Gasteiger partial charge in [-0.15, -0.1) is 11.3 Å². The van der Waals surface area contributed by atoms with Crippen molar-refractivity contribution in [1.82, 2.24) is 0 Å². The quantitative estimate of drug-likeness (QED) is 0.259. The highest BCUT2D eigenvalue weighted by molar-refractivity contribution is 7.13. The van der Waals surface area contributed by atoms with Gasteiger partial charge in [0, 0.05) is 11.5 Å². The lowest BCUT2D eigenvalue weighted by molar-refractivity contribution is -0.132. The van der Waals surface area contributed by atoms with Crippen molar-refractivity contribution >= 4 is 28.7 Å². The van der Waals surface area contributed by atoms with Crippen LogP contribution in [0.5, 0.6) is 0 Å². The van der Waals surface area contributed by atoms with Crippen LogP contribution in [0.2, 0.25) is 0 Å². The van der Waals surface area contributed by atoms with Crippen LogP contribution in [0.3, 0.4) is 0 Å². The fourth-order valence-corrected chi connectivity index (χ4v) is 5.01. The molecule has 33 heavy (non-hydrogen) atoms. The molecule has 1 heterocycles. The summed E-state index contributed by atoms with van der Waals surface area (Å²) in [7, 11) is 2.69. The number of rotatable bonds is 8. The second kappa shape index (κ2) is 10.4. The van der Waals surface area contributed by atoms with Crippen LogP contribution in [0.25, 0.3) is 0 Å². The van der Waals surface area contributed by atoms with E-state index in [1.54, 1.807) is 0 Å². The summed E-state index contributed by atoms with van der Waals surface area (Å²) in [6, 6.07) is 19.1. The maximum Gasteiger partial charge on any atom is 0.361 e. The number of aryl methyl sites for hydroxylation is 1. The zero-order chi connectivity index (χ0) is 23.2. The van der Waals surface area contributed by atoms with Crippen molar-refractivity contribution in [2.24, 2.45) is 10.3 Å². The molecule has 7 heteroatoms. The number of carbonyl (C=O) groups is 1. The van der Waals surface area contributed by atoms with Gasteiger partial charge >= 0.3 is 5.97 Å². The molecule has 1 aliphatic carbocycles. The normalized spacial score (nSPS) is 15.8. The number of hydrogen-bond acceptors (Lipinski definition) is 7. The van der Waals surface area contributed by atoms with Gasteiger partial charge in [0.15, 0.2) is 0 Å². The van der Waals surface area contributed by atoms with Gasteiger partial charge in [0.2, 0.25) is 5.71 Å². The van der Waals surface area contributed by atoms with Gasteiger partial charge in [-0.25, -0.2) is 4.79 Å². The van der Waals surface area contributed by atoms with E-state index in [-0.39, 0.29) is 12.3 Å². The highest BCUT2D eigenvalue weighted by Crippen LogP contribution is 2.37. The second-order valence-electron chi connectivity index (χ2n) is 7.75. The summed E-state index contributed by atoms with van der Waals surface area (Å²) in [5.74, 6) is -0.108. The number of fused-ring (bicyclic) bond motifs is 1. The van der Waals surface area contributed by atoms with Gasteiger partial charge in [-0.05, 0) is 53.5 Å². The molecule has 1 aliphatic rings. The molecule has 0 bridgehead atoms. The number of thiophene rings is 1. The van der Waals surface area contributed by atoms with Gasteiger partial charge in [0.05, 0.1) is 17.7 Å². The average molecular weight is 463 g/mol. The monoisotopic (exact) mass is 462 g/mol. The fraction of sp³-hybridized carbons (Fsp3) is 0.269. The van der Waals surface area contributed by atoms with Crippen LogP contribution in [-0.2, 0) is 32.2 Å². The summed E-state index contributed by atoms with van der Waals surface area (Å²) in [6.45, 7) is 2.12. The number of hydrogen-bond donors (Lipinski definition) is 0. The molecule has 0 radical (unpaired) electrons. The van der Waals surface area contributed by atoms with Crippen LogP contribution < -0.4 is 0 Å². The molecule has 0 N–H and O–H groups in total. The third-order valence-corrected chi connectivity index (χ3v) is 6.77. The van der Waals surface area contributed by atoms with E-state index < -0.39 is 5.97 Å². The Morgan fingerprint density at radius 3 is 2.61 bits per heavy atom. The van der Waals surface area contributed by atoms with Crippen molar-refractivity contribution in [2.75, 3.05) is 14.2 Å². The minimum Gasteiger partial charge on any atom is -0.464 e. The molecule has 0 amide bonds. The number of methoxy groups -OCH3 is 1. The Labute approximate surface area is 197 Å². The van der Waals surface area contributed by atoms with E-state index in [4.69, 9.17) is 14.4 Å². The van der Waals surface area contributed by atoms with Gasteiger partial charge in [-0.1, -0.05) is 58.8 Å². The number of benzene rings is 2. The van der Waals surface area contributed by atoms with Crippen molar-refractivity contribution < 1.29 is 19.2 Å². The number of nitrogens with zero attached hydrogens (tertiary/aromatic N) is 2. The molecule has 0 fully saturated rings. The Balaban J connectivity index is 1.42. The Hall–Kier alpha value is -3.45. The number of esters is 1. The highest BCUT2D eigenvalue weighted by Gasteiger charge is 2.23. The van der Waals surface area contributed by atoms with E-state index in [9.17, 15) is 4.79 Å². The molecule has 0 aliphatic heterocycles. The number of oxime groups is 2. The van der Waals surface area contributed by atoms with E-state index in [1.165, 1.54) is 42.2 Å². The Morgan fingerprint density at radius 2 is 1.85 bits per heavy atom. The molecule has 170 valence electrons. The predicted molar refractivity (Wildman–Crippen MR) is 130 cm³/mol. The number of ether oxygens (including phenoxy) is 1. The van der Waals surface area contributed by atoms with Gasteiger partial charge in [0.25, 0.3) is 0 Å². The van der Waals surface area contributed by atoms with Gasteiger partial charge in [0.1, 0.15) is 13.7 Å². The first kappa shape index (κ1) is 22.7. The van der Waals surface area contributed by atoms with Crippen LogP contribution in [-0.4, -0.2) is 31.6 Å². The zero-order valence-corrected chi connectivity index (χ0v) is 19.7. The van der Waals surface area contributed by atoms with Crippen LogP contribution in [0, 0.1) is 0 Å². The predicted octanol–water partition coefficient (Wildman–Crippen LogP) is 5.29. The van der Waals surface area contributed by atoms with Crippen molar-refractivity contribution in [3.8, 4) is 0 Å². The zero-order valence-electron chi connectivity index (χ0n) is 18.9. The highest BCUT2D eigenvalue weighted by atomic mass is 32.1. The molecule has 1 aromatic heterocycles. The first-order valence-electron chi connectivity index (χ1n) is 10.7. The third kappa shape index (κ3) is 4.98. The second-order valence-corrected chi connectivity index (χ2v) is 8.67. The Morgan fingerprint density at radius 1 is 1.06 bits per heavy atom. The molecule has 1 unspecified atom stereocenters. The first-order valence-corrected chi connectivity index (χ1v) is 11.6. The van der Waals surface area contributed by atoms with Gasteiger partial charge in [-0.2, -0.15) is 0 Å². The average Bonchev–Trinajstić information content (AvgIpc) is 3.49. The smallest absolute Gasteiger partial charge is 0.361 e. The standard InChI is InChI=1S/C26H26N2O4S/c1-17(27-32-16-21-14-15-33-25(21)24(28-31-3)26(29)30-2)18-8-10-20(11-9-18)23-13-12-19-6-4-5-7-22(19)23/h4-11,14-15,23H,12-13,16H2,1-3H3/b27-17+,28-24+. The molecule has 0 spiro atoms. The minimum atomic E-state index is -0.565. The van der Waals surface area contributed by atoms with E-state index in [0.29, 0.717) is 10.8 Å². The van der Waals surface area contributed by atoms with Crippen LogP contribution in [0.1, 0.15) is 52.0 Å². The largest absolute Gasteiger partial charge is 0.464 e. The molecular formula is C26H26N2O4S. The van der Waals surface area contributed by atoms with Crippen LogP contribution in [0.15, 0.2) is 70.3 Å². The summed E-state index contributed by atoms with van der Waals surface area (Å²) in [6.07, 6.45) is 2.28. The van der Waals surface area contributed by atoms with E-state index in [2.05, 4.69) is 58.8 Å². The van der Waals surface area contributed by atoms with Crippen molar-refractivity contribution in [1.29, 1.82) is 0 Å². The summed E-state index contributed by atoms with van der Waals surface area (Å²) >= 11 is 1.37. The molecular weight excluding hydrogens is 436 g/mol. The van der Waals surface area contributed by atoms with E-state index in [0.717, 1.165) is 29.7 Å². The molecule has 3 aromatic rings. The molecule has 2 aromatic carbocycles. The fourth-order valence-electron chi connectivity index (χ4n) is 4.13. The lowest BCUT2D eigenvalue weighted by Gasteiger charge is -2.13. The summed E-state index contributed by atoms with van der Waals surface area (Å²) in [5, 5.41) is 9.94.